The van der Waals surface area contributed by atoms with E-state index in [0.29, 0.717) is 22.4 Å². The van der Waals surface area contributed by atoms with Crippen LogP contribution in [-0.2, 0) is 4.74 Å². The van der Waals surface area contributed by atoms with Gasteiger partial charge in [0.1, 0.15) is 0 Å². The van der Waals surface area contributed by atoms with E-state index >= 15 is 0 Å². The molecule has 0 saturated heterocycles. The van der Waals surface area contributed by atoms with Gasteiger partial charge in [-0.05, 0) is 55.3 Å². The van der Waals surface area contributed by atoms with Crippen LogP contribution in [0.3, 0.4) is 0 Å². The summed E-state index contributed by atoms with van der Waals surface area (Å²) >= 11 is 0. The molecule has 0 unspecified atom stereocenters. The van der Waals surface area contributed by atoms with Crippen molar-refractivity contribution < 1.29 is 14.3 Å². The Morgan fingerprint density at radius 1 is 0.727 bits per heavy atom. The van der Waals surface area contributed by atoms with Gasteiger partial charge in [0.05, 0.1) is 11.3 Å². The predicted octanol–water partition coefficient (Wildman–Crippen LogP) is 6.83. The number of nitrogens with one attached hydrogen (secondary N) is 1. The molecule has 0 aliphatic rings. The summed E-state index contributed by atoms with van der Waals surface area (Å²) in [6.45, 7) is 3.95. The largest absolute Gasteiger partial charge is 0.445 e. The summed E-state index contributed by atoms with van der Waals surface area (Å²) in [5.41, 5.74) is 5.06. The summed E-state index contributed by atoms with van der Waals surface area (Å²) in [6.07, 6.45) is -1.05. The number of rotatable bonds is 7. The van der Waals surface area contributed by atoms with Crippen molar-refractivity contribution in [3.05, 3.63) is 131 Å². The van der Waals surface area contributed by atoms with Crippen molar-refractivity contribution >= 4 is 23.1 Å². The van der Waals surface area contributed by atoms with Gasteiger partial charge >= 0.3 is 5.97 Å². The molecule has 33 heavy (non-hydrogen) atoms. The molecule has 4 heteroatoms. The van der Waals surface area contributed by atoms with Crippen LogP contribution in [0.15, 0.2) is 103 Å². The lowest BCUT2D eigenvalue weighted by Gasteiger charge is -2.19. The zero-order valence-corrected chi connectivity index (χ0v) is 18.6. The van der Waals surface area contributed by atoms with Gasteiger partial charge < -0.3 is 10.1 Å². The predicted molar refractivity (Wildman–Crippen MR) is 131 cm³/mol. The van der Waals surface area contributed by atoms with E-state index in [1.54, 1.807) is 30.3 Å². The zero-order valence-electron chi connectivity index (χ0n) is 18.6. The van der Waals surface area contributed by atoms with Crippen molar-refractivity contribution in [2.75, 3.05) is 5.32 Å². The third kappa shape index (κ3) is 5.18. The van der Waals surface area contributed by atoms with Crippen LogP contribution < -0.4 is 5.32 Å². The van der Waals surface area contributed by atoms with Gasteiger partial charge in [0.15, 0.2) is 6.10 Å². The standard InChI is InChI=1S/C29H25NO3/c1-20-17-18-23(19-21(20)2)27(31)28(22-11-5-3-6-12-22)33-29(32)25-15-9-10-16-26(25)30-24-13-7-4-8-14-24/h3-19,28,30H,1-2H3/t28-/m0/s1. The minimum Gasteiger partial charge on any atom is -0.445 e. The Labute approximate surface area is 193 Å². The molecule has 0 heterocycles. The van der Waals surface area contributed by atoms with Gasteiger partial charge in [0, 0.05) is 16.8 Å². The fraction of sp³-hybridized carbons (Fsp3) is 0.103. The molecule has 4 nitrogen and oxygen atoms in total. The molecule has 0 aliphatic heterocycles. The summed E-state index contributed by atoms with van der Waals surface area (Å²) in [6, 6.07) is 31.3. The van der Waals surface area contributed by atoms with E-state index < -0.39 is 12.1 Å². The van der Waals surface area contributed by atoms with Crippen molar-refractivity contribution in [2.45, 2.75) is 20.0 Å². The number of benzene rings is 4. The van der Waals surface area contributed by atoms with E-state index in [4.69, 9.17) is 4.74 Å². The van der Waals surface area contributed by atoms with Crippen LogP contribution in [0.4, 0.5) is 11.4 Å². The van der Waals surface area contributed by atoms with Crippen molar-refractivity contribution in [1.29, 1.82) is 0 Å². The molecular formula is C29H25NO3. The minimum absolute atomic E-state index is 0.258. The first kappa shape index (κ1) is 22.0. The molecule has 164 valence electrons. The van der Waals surface area contributed by atoms with E-state index in [0.717, 1.165) is 16.8 Å². The molecule has 0 fully saturated rings. The van der Waals surface area contributed by atoms with E-state index in [1.165, 1.54) is 0 Å². The zero-order chi connectivity index (χ0) is 23.2. The number of esters is 1. The van der Waals surface area contributed by atoms with E-state index in [9.17, 15) is 9.59 Å². The highest BCUT2D eigenvalue weighted by atomic mass is 16.5. The summed E-state index contributed by atoms with van der Waals surface area (Å²) in [4.78, 5) is 26.7. The Kier molecular flexibility index (Phi) is 6.65. The number of carbonyl (C=O) groups is 2. The Morgan fingerprint density at radius 2 is 1.36 bits per heavy atom. The monoisotopic (exact) mass is 435 g/mol. The second-order valence-electron chi connectivity index (χ2n) is 7.90. The maximum absolute atomic E-state index is 13.5. The second-order valence-corrected chi connectivity index (χ2v) is 7.90. The minimum atomic E-state index is -1.05. The van der Waals surface area contributed by atoms with Crippen LogP contribution in [0.25, 0.3) is 0 Å². The molecule has 4 aromatic carbocycles. The molecule has 0 spiro atoms. The number of hydrogen-bond donors (Lipinski definition) is 1. The molecule has 1 atom stereocenters. The molecule has 0 radical (unpaired) electrons. The summed E-state index contributed by atoms with van der Waals surface area (Å²) in [5.74, 6) is -0.828. The highest BCUT2D eigenvalue weighted by Gasteiger charge is 2.28. The second kappa shape index (κ2) is 9.96. The van der Waals surface area contributed by atoms with Crippen LogP contribution in [-0.4, -0.2) is 11.8 Å². The number of hydrogen-bond acceptors (Lipinski definition) is 4. The smallest absolute Gasteiger partial charge is 0.341 e. The lowest BCUT2D eigenvalue weighted by Crippen LogP contribution is -2.21. The number of ether oxygens (including phenoxy) is 1. The molecule has 4 aromatic rings. The molecule has 1 N–H and O–H groups in total. The topological polar surface area (TPSA) is 55.4 Å². The first-order valence-corrected chi connectivity index (χ1v) is 10.8. The van der Waals surface area contributed by atoms with Crippen molar-refractivity contribution in [1.82, 2.24) is 0 Å². The van der Waals surface area contributed by atoms with Crippen LogP contribution in [0, 0.1) is 13.8 Å². The van der Waals surface area contributed by atoms with Crippen molar-refractivity contribution in [2.24, 2.45) is 0 Å². The van der Waals surface area contributed by atoms with E-state index in [2.05, 4.69) is 5.32 Å². The van der Waals surface area contributed by atoms with Crippen molar-refractivity contribution in [3.63, 3.8) is 0 Å². The maximum Gasteiger partial charge on any atom is 0.341 e. The van der Waals surface area contributed by atoms with Crippen LogP contribution in [0.5, 0.6) is 0 Å². The van der Waals surface area contributed by atoms with Gasteiger partial charge in [-0.1, -0.05) is 72.8 Å². The number of anilines is 2. The van der Waals surface area contributed by atoms with Gasteiger partial charge in [-0.3, -0.25) is 4.79 Å². The van der Waals surface area contributed by atoms with Gasteiger partial charge in [-0.2, -0.15) is 0 Å². The number of aryl methyl sites for hydroxylation is 2. The van der Waals surface area contributed by atoms with Gasteiger partial charge in [0.2, 0.25) is 5.78 Å². The maximum atomic E-state index is 13.5. The third-order valence-corrected chi connectivity index (χ3v) is 5.56. The molecule has 0 bridgehead atoms. The summed E-state index contributed by atoms with van der Waals surface area (Å²) in [5, 5.41) is 3.26. The lowest BCUT2D eigenvalue weighted by molar-refractivity contribution is 0.0281. The van der Waals surface area contributed by atoms with Crippen LogP contribution in [0.2, 0.25) is 0 Å². The quantitative estimate of drug-likeness (QED) is 0.255. The number of ketones is 1. The van der Waals surface area contributed by atoms with Gasteiger partial charge in [0.25, 0.3) is 0 Å². The SMILES string of the molecule is Cc1ccc(C(=O)[C@@H](OC(=O)c2ccccc2Nc2ccccc2)c2ccccc2)cc1C. The van der Waals surface area contributed by atoms with Gasteiger partial charge in [-0.25, -0.2) is 4.79 Å². The Bertz CT molecular complexity index is 1270. The first-order chi connectivity index (χ1) is 16.0. The normalized spacial score (nSPS) is 11.5. The average Bonchev–Trinajstić information content (AvgIpc) is 2.85. The highest BCUT2D eigenvalue weighted by Crippen LogP contribution is 2.28. The first-order valence-electron chi connectivity index (χ1n) is 10.8. The summed E-state index contributed by atoms with van der Waals surface area (Å²) < 4.78 is 5.86. The number of para-hydroxylation sites is 2. The molecule has 4 rings (SSSR count). The van der Waals surface area contributed by atoms with Gasteiger partial charge in [-0.15, -0.1) is 0 Å². The molecular weight excluding hydrogens is 410 g/mol. The Morgan fingerprint density at radius 3 is 2.06 bits per heavy atom. The average molecular weight is 436 g/mol. The highest BCUT2D eigenvalue weighted by molar-refractivity contribution is 6.03. The fourth-order valence-corrected chi connectivity index (χ4v) is 3.56. The summed E-state index contributed by atoms with van der Waals surface area (Å²) in [7, 11) is 0. The van der Waals surface area contributed by atoms with Crippen molar-refractivity contribution in [3.8, 4) is 0 Å². The third-order valence-electron chi connectivity index (χ3n) is 5.56. The fourth-order valence-electron chi connectivity index (χ4n) is 3.56. The molecule has 0 saturated carbocycles. The molecule has 0 amide bonds. The van der Waals surface area contributed by atoms with E-state index in [-0.39, 0.29) is 5.78 Å². The number of carbonyl (C=O) groups excluding carboxylic acids is 2. The molecule has 0 aliphatic carbocycles. The number of Topliss-reactive ketones (excluding diaryl/α,β-unsaturated/α-hetero) is 1. The Balaban J connectivity index is 1.65. The Hall–Kier alpha value is -4.18. The lowest BCUT2D eigenvalue weighted by atomic mass is 9.97. The van der Waals surface area contributed by atoms with Crippen LogP contribution in [0.1, 0.15) is 43.5 Å². The van der Waals surface area contributed by atoms with Crippen LogP contribution >= 0.6 is 0 Å². The molecule has 0 aromatic heterocycles. The van der Waals surface area contributed by atoms with E-state index in [1.807, 2.05) is 86.6 Å².